The van der Waals surface area contributed by atoms with Gasteiger partial charge in [-0.25, -0.2) is 4.98 Å². The van der Waals surface area contributed by atoms with Gasteiger partial charge in [0.2, 0.25) is 11.8 Å². The highest BCUT2D eigenvalue weighted by Crippen LogP contribution is 2.34. The summed E-state index contributed by atoms with van der Waals surface area (Å²) in [6, 6.07) is 4.41. The molecule has 2 aromatic rings. The highest BCUT2D eigenvalue weighted by molar-refractivity contribution is 8.76. The molecule has 3 amide bonds. The number of ether oxygens (including phenoxy) is 2. The number of carbonyl (C=O) groups excluding carboxylic acids is 9. The van der Waals surface area contributed by atoms with Gasteiger partial charge in [0, 0.05) is 92.7 Å². The van der Waals surface area contributed by atoms with Crippen molar-refractivity contribution in [3.63, 3.8) is 0 Å². The number of ketones is 4. The van der Waals surface area contributed by atoms with Crippen molar-refractivity contribution in [1.29, 1.82) is 0 Å². The number of likely N-dealkylation sites (N-methyl/N-ethyl adjacent to an activating group) is 1. The SMILES string of the molecule is CCC(=O)N[C@H](CSSCCCC(=O)[C@@H](C)C[C@H](Cc1ccc(O)cc1)NC(=O)c1csc([C@@H](C[C@H](C(C)C)N(COC(=O)CC(C)C)C(=O)[C@@H](CC(=O)[C@H]2CCCCN2C)C(C)CC)OC(C)=O)n1)C(=O)CCCC(=O)CN=P. The number of phenolic OH excluding ortho intramolecular Hbond substituents is 1. The number of esters is 2. The number of rotatable bonds is 39. The average molecular weight is 1190 g/mol. The summed E-state index contributed by atoms with van der Waals surface area (Å²) in [6.45, 7) is 16.8. The number of hydrogen-bond donors (Lipinski definition) is 3. The quantitative estimate of drug-likeness (QED) is 0.0185. The first-order valence-corrected chi connectivity index (χ1v) is 32.1. The first kappa shape index (κ1) is 69.7. The summed E-state index contributed by atoms with van der Waals surface area (Å²) in [7, 11) is 7.81. The van der Waals surface area contributed by atoms with Crippen LogP contribution in [0.15, 0.2) is 34.4 Å². The van der Waals surface area contributed by atoms with Crippen LogP contribution in [0, 0.1) is 29.6 Å². The van der Waals surface area contributed by atoms with Gasteiger partial charge in [-0.05, 0) is 96.6 Å². The van der Waals surface area contributed by atoms with Crippen molar-refractivity contribution in [2.24, 2.45) is 34.3 Å². The number of nitrogens with one attached hydrogen (secondary N) is 2. The molecule has 1 aliphatic rings. The molecule has 0 aliphatic carbocycles. The van der Waals surface area contributed by atoms with Crippen LogP contribution in [0.5, 0.6) is 5.75 Å². The van der Waals surface area contributed by atoms with E-state index >= 15 is 4.79 Å². The summed E-state index contributed by atoms with van der Waals surface area (Å²) >= 11 is 1.12. The van der Waals surface area contributed by atoms with Crippen LogP contribution < -0.4 is 10.6 Å². The Kier molecular flexibility index (Phi) is 32.1. The predicted octanol–water partition coefficient (Wildman–Crippen LogP) is 9.98. The third-order valence-electron chi connectivity index (χ3n) is 14.5. The average Bonchev–Trinajstić information content (AvgIpc) is 3.91. The first-order chi connectivity index (χ1) is 38.0. The number of thiazole rings is 1. The van der Waals surface area contributed by atoms with E-state index in [2.05, 4.69) is 29.3 Å². The number of amides is 3. The Morgan fingerprint density at radius 3 is 2.24 bits per heavy atom. The highest BCUT2D eigenvalue weighted by Gasteiger charge is 2.40. The Morgan fingerprint density at radius 2 is 1.61 bits per heavy atom. The van der Waals surface area contributed by atoms with E-state index in [0.29, 0.717) is 48.6 Å². The van der Waals surface area contributed by atoms with Gasteiger partial charge in [0.25, 0.3) is 5.91 Å². The smallest absolute Gasteiger partial charge is 0.307 e. The van der Waals surface area contributed by atoms with E-state index in [1.807, 2.05) is 55.5 Å². The van der Waals surface area contributed by atoms with Crippen LogP contribution in [0.4, 0.5) is 0 Å². The molecule has 1 unspecified atom stereocenters. The van der Waals surface area contributed by atoms with Crippen LogP contribution in [0.2, 0.25) is 0 Å². The Balaban J connectivity index is 1.80. The van der Waals surface area contributed by atoms with E-state index < -0.39 is 53.9 Å². The second kappa shape index (κ2) is 36.8. The Morgan fingerprint density at radius 1 is 0.912 bits per heavy atom. The summed E-state index contributed by atoms with van der Waals surface area (Å²) in [5, 5.41) is 17.8. The molecule has 22 heteroatoms. The monoisotopic (exact) mass is 1190 g/mol. The van der Waals surface area contributed by atoms with E-state index in [1.165, 1.54) is 33.4 Å². The van der Waals surface area contributed by atoms with Gasteiger partial charge >= 0.3 is 11.9 Å². The van der Waals surface area contributed by atoms with Gasteiger partial charge in [0.05, 0.1) is 12.1 Å². The lowest BCUT2D eigenvalue weighted by Gasteiger charge is -2.39. The molecule has 0 bridgehead atoms. The topological polar surface area (TPSA) is 248 Å². The predicted molar refractivity (Wildman–Crippen MR) is 318 cm³/mol. The molecule has 1 aromatic carbocycles. The number of Topliss-reactive ketones (excluding diaryl/α,β-unsaturated/α-hetero) is 4. The highest BCUT2D eigenvalue weighted by atomic mass is 33.1. The molecule has 2 heterocycles. The summed E-state index contributed by atoms with van der Waals surface area (Å²) in [5.74, 6) is -2.96. The maximum absolute atomic E-state index is 15.1. The molecule has 3 rings (SSSR count). The van der Waals surface area contributed by atoms with Crippen molar-refractivity contribution in [3.05, 3.63) is 45.9 Å². The van der Waals surface area contributed by atoms with Gasteiger partial charge in [-0.3, -0.25) is 52.8 Å². The fourth-order valence-electron chi connectivity index (χ4n) is 9.61. The zero-order valence-corrected chi connectivity index (χ0v) is 52.2. The summed E-state index contributed by atoms with van der Waals surface area (Å²) in [4.78, 5) is 128. The van der Waals surface area contributed by atoms with Crippen molar-refractivity contribution in [2.75, 3.05) is 38.4 Å². The first-order valence-electron chi connectivity index (χ1n) is 28.3. The van der Waals surface area contributed by atoms with Gasteiger partial charge < -0.3 is 30.1 Å². The maximum atomic E-state index is 15.1. The van der Waals surface area contributed by atoms with Crippen LogP contribution in [0.25, 0.3) is 0 Å². The Hall–Kier alpha value is -4.56. The van der Waals surface area contributed by atoms with E-state index in [4.69, 9.17) is 14.5 Å². The van der Waals surface area contributed by atoms with E-state index in [0.717, 1.165) is 42.7 Å². The van der Waals surface area contributed by atoms with Gasteiger partial charge in [0.15, 0.2) is 30.2 Å². The second-order valence-corrected chi connectivity index (χ2v) is 25.8. The fraction of sp³-hybridized carbons (Fsp3) is 0.690. The zero-order valence-electron chi connectivity index (χ0n) is 48.8. The lowest BCUT2D eigenvalue weighted by Crippen LogP contribution is -2.50. The molecule has 1 aromatic heterocycles. The minimum Gasteiger partial charge on any atom is -0.508 e. The molecule has 8 atom stereocenters. The number of aromatic hydroxyl groups is 1. The lowest BCUT2D eigenvalue weighted by atomic mass is 9.82. The van der Waals surface area contributed by atoms with Gasteiger partial charge in [0.1, 0.15) is 28.8 Å². The van der Waals surface area contributed by atoms with E-state index in [9.17, 15) is 43.5 Å². The molecule has 80 heavy (non-hydrogen) atoms. The maximum Gasteiger partial charge on any atom is 0.307 e. The molecule has 0 spiro atoms. The molecule has 3 N–H and O–H groups in total. The van der Waals surface area contributed by atoms with Gasteiger partial charge in [-0.2, -0.15) is 0 Å². The zero-order chi connectivity index (χ0) is 59.5. The molecule has 18 nitrogen and oxygen atoms in total. The summed E-state index contributed by atoms with van der Waals surface area (Å²) in [6.07, 6.45) is 4.91. The largest absolute Gasteiger partial charge is 0.508 e. The minimum atomic E-state index is -1.02. The van der Waals surface area contributed by atoms with Crippen molar-refractivity contribution in [1.82, 2.24) is 25.4 Å². The molecule has 1 fully saturated rings. The number of aromatic nitrogens is 1. The second-order valence-electron chi connectivity index (χ2n) is 21.9. The molecule has 0 saturated carbocycles. The molecule has 1 aliphatic heterocycles. The molecule has 446 valence electrons. The Bertz CT molecular complexity index is 2350. The van der Waals surface area contributed by atoms with E-state index in [-0.39, 0.29) is 128 Å². The van der Waals surface area contributed by atoms with Crippen LogP contribution in [-0.2, 0) is 54.3 Å². The normalized spacial score (nSPS) is 16.3. The van der Waals surface area contributed by atoms with Crippen molar-refractivity contribution < 1.29 is 57.7 Å². The van der Waals surface area contributed by atoms with Crippen molar-refractivity contribution >= 4 is 94.7 Å². The number of piperidine rings is 1. The van der Waals surface area contributed by atoms with Gasteiger partial charge in [-0.15, -0.1) is 11.3 Å². The van der Waals surface area contributed by atoms with E-state index in [1.54, 1.807) is 36.6 Å². The number of benzene rings is 1. The fourth-order valence-corrected chi connectivity index (χ4v) is 12.9. The van der Waals surface area contributed by atoms with Crippen LogP contribution >= 0.6 is 42.0 Å². The van der Waals surface area contributed by atoms with Crippen molar-refractivity contribution in [2.45, 2.75) is 189 Å². The van der Waals surface area contributed by atoms with Crippen LogP contribution in [0.1, 0.15) is 179 Å². The number of hydrogen-bond acceptors (Lipinski definition) is 18. The molecule has 1 saturated heterocycles. The number of phenols is 1. The van der Waals surface area contributed by atoms with Crippen molar-refractivity contribution in [3.8, 4) is 5.75 Å². The van der Waals surface area contributed by atoms with Gasteiger partial charge in [-0.1, -0.05) is 102 Å². The van der Waals surface area contributed by atoms with Crippen LogP contribution in [-0.4, -0.2) is 135 Å². The lowest BCUT2D eigenvalue weighted by molar-refractivity contribution is -0.162. The molecular formula is C58H89N6O12PS3. The number of likely N-dealkylation sites (tertiary alicyclic amines) is 1. The Labute approximate surface area is 488 Å². The minimum absolute atomic E-state index is 0.00253. The third kappa shape index (κ3) is 24.9. The van der Waals surface area contributed by atoms with Crippen LogP contribution in [0.3, 0.4) is 0 Å². The molecular weight excluding hydrogens is 1100 g/mol. The third-order valence-corrected chi connectivity index (χ3v) is 18.1. The molecule has 0 radical (unpaired) electrons. The standard InChI is InChI=1S/C58H89N6O12PS3/c1-11-38(7)45(30-52(70)48-18-13-14-25-63(48)10)58(74)64(35-75-55(72)27-36(3)4)49(37(5)6)31-53(76-40(9)65)57-62-47(33-78-57)56(73)60-42(29-41-21-23-43(66)24-22-41)28-39(8)50(68)20-16-26-79-80-34-46(61-54(71)12-2)51(69)19-15-17-44(67)32-59-77/h21-24,33,36-39,42,45-46,48-49,53,66,77H,11-20,25-32,34-35H2,1-10H3,(H,60,73)(H,61,71)/t38?,39-,42+,45-,46+,48+,49+,53+/m0/s1. The summed E-state index contributed by atoms with van der Waals surface area (Å²) < 4.78 is 15.4. The number of nitrogens with zero attached hydrogens (tertiary/aromatic N) is 4. The summed E-state index contributed by atoms with van der Waals surface area (Å²) in [5.41, 5.74) is 0.872. The number of carbonyl (C=O) groups is 9.